The smallest absolute Gasteiger partial charge is 0.325 e. The maximum absolute atomic E-state index is 11.5. The number of hydrogen-bond donors (Lipinski definition) is 2. The van der Waals surface area contributed by atoms with E-state index in [9.17, 15) is 4.79 Å². The van der Waals surface area contributed by atoms with Crippen molar-refractivity contribution >= 4 is 32.0 Å². The molecule has 3 heterocycles. The van der Waals surface area contributed by atoms with Gasteiger partial charge in [0.2, 0.25) is 0 Å². The molecular formula is C22H29ClN3O2P. The van der Waals surface area contributed by atoms with E-state index in [0.717, 1.165) is 44.6 Å². The highest BCUT2D eigenvalue weighted by molar-refractivity contribution is 7.18. The number of imidazole rings is 1. The Balaban J connectivity index is 1.40. The van der Waals surface area contributed by atoms with Crippen molar-refractivity contribution in [1.82, 2.24) is 15.0 Å². The van der Waals surface area contributed by atoms with Crippen LogP contribution in [0.3, 0.4) is 0 Å². The van der Waals surface area contributed by atoms with E-state index in [4.69, 9.17) is 16.3 Å². The molecule has 1 aliphatic heterocycles. The fourth-order valence-corrected chi connectivity index (χ4v) is 5.13. The number of aromatic nitrogens is 3. The van der Waals surface area contributed by atoms with Gasteiger partial charge in [0.25, 0.3) is 0 Å². The van der Waals surface area contributed by atoms with Gasteiger partial charge in [0.15, 0.2) is 5.65 Å². The van der Waals surface area contributed by atoms with E-state index in [1.54, 1.807) is 6.07 Å². The second-order valence-electron chi connectivity index (χ2n) is 8.67. The number of ether oxygens (including phenoxy) is 1. The van der Waals surface area contributed by atoms with Crippen LogP contribution in [0, 0.1) is 11.3 Å². The minimum Gasteiger partial charge on any atom is -0.380 e. The van der Waals surface area contributed by atoms with Gasteiger partial charge in [-0.3, -0.25) is 4.98 Å². The Bertz CT molecular complexity index is 1010. The fourth-order valence-electron chi connectivity index (χ4n) is 4.39. The molecule has 2 aromatic heterocycles. The van der Waals surface area contributed by atoms with Crippen LogP contribution in [0.25, 0.3) is 11.2 Å². The highest BCUT2D eigenvalue weighted by atomic mass is 35.5. The summed E-state index contributed by atoms with van der Waals surface area (Å²) < 4.78 is 5.43. The summed E-state index contributed by atoms with van der Waals surface area (Å²) in [6, 6.07) is 1.80. The standard InChI is InChI=1S/C22H29ClN3O2P/c1-3-13(19-16(23)10-17-20(25-19)26-21(27)24-17)6-9-18(29)14-4-7-15(8-5-14)22(2)11-28-12-22/h4-5,7,10,13,15,18H,3,6,8-9,11-12,29H2,1-2H3,(H2,24,25,26,27). The molecular weight excluding hydrogens is 405 g/mol. The number of hydrogen-bond acceptors (Lipinski definition) is 3. The highest BCUT2D eigenvalue weighted by Gasteiger charge is 2.40. The van der Waals surface area contributed by atoms with Crippen LogP contribution >= 0.6 is 20.8 Å². The number of aromatic amines is 2. The van der Waals surface area contributed by atoms with Crippen LogP contribution < -0.4 is 5.69 Å². The van der Waals surface area contributed by atoms with Gasteiger partial charge in [-0.25, -0.2) is 9.78 Å². The molecule has 2 aromatic rings. The minimum absolute atomic E-state index is 0.254. The Hall–Kier alpha value is -1.42. The minimum atomic E-state index is -0.254. The van der Waals surface area contributed by atoms with E-state index in [-0.39, 0.29) is 11.6 Å². The van der Waals surface area contributed by atoms with E-state index >= 15 is 0 Å². The third-order valence-electron chi connectivity index (χ3n) is 6.50. The monoisotopic (exact) mass is 433 g/mol. The van der Waals surface area contributed by atoms with Crippen molar-refractivity contribution in [1.29, 1.82) is 0 Å². The maximum Gasteiger partial charge on any atom is 0.325 e. The molecule has 156 valence electrons. The lowest BCUT2D eigenvalue weighted by Gasteiger charge is -2.44. The molecule has 5 nitrogen and oxygen atoms in total. The van der Waals surface area contributed by atoms with E-state index in [0.29, 0.717) is 33.2 Å². The molecule has 0 radical (unpaired) electrons. The molecule has 0 bridgehead atoms. The van der Waals surface area contributed by atoms with Gasteiger partial charge in [-0.15, -0.1) is 9.24 Å². The van der Waals surface area contributed by atoms with Crippen LogP contribution in [0.15, 0.2) is 34.7 Å². The Kier molecular flexibility index (Phi) is 6.02. The second-order valence-corrected chi connectivity index (χ2v) is 9.88. The number of nitrogens with one attached hydrogen (secondary N) is 2. The molecule has 0 saturated carbocycles. The quantitative estimate of drug-likeness (QED) is 0.606. The van der Waals surface area contributed by atoms with E-state index in [1.807, 2.05) is 0 Å². The Labute approximate surface area is 178 Å². The van der Waals surface area contributed by atoms with Crippen LogP contribution in [0.2, 0.25) is 5.02 Å². The van der Waals surface area contributed by atoms with Crippen molar-refractivity contribution in [2.45, 2.75) is 51.1 Å². The molecule has 0 aromatic carbocycles. The van der Waals surface area contributed by atoms with Crippen molar-refractivity contribution in [3.63, 3.8) is 0 Å². The Morgan fingerprint density at radius 1 is 1.38 bits per heavy atom. The summed E-state index contributed by atoms with van der Waals surface area (Å²) in [7, 11) is 3.01. The lowest BCUT2D eigenvalue weighted by atomic mass is 9.72. The van der Waals surface area contributed by atoms with Gasteiger partial charge in [-0.1, -0.05) is 43.7 Å². The molecule has 0 amide bonds. The van der Waals surface area contributed by atoms with Crippen LogP contribution in [0.4, 0.5) is 0 Å². The van der Waals surface area contributed by atoms with Gasteiger partial charge in [0.1, 0.15) is 0 Å². The first-order chi connectivity index (χ1) is 13.9. The van der Waals surface area contributed by atoms with Crippen molar-refractivity contribution in [3.05, 3.63) is 51.1 Å². The van der Waals surface area contributed by atoms with Gasteiger partial charge >= 0.3 is 5.69 Å². The highest BCUT2D eigenvalue weighted by Crippen LogP contribution is 2.41. The summed E-state index contributed by atoms with van der Waals surface area (Å²) in [6.07, 6.45) is 11.2. The number of rotatable bonds is 7. The first-order valence-corrected chi connectivity index (χ1v) is 11.4. The summed E-state index contributed by atoms with van der Waals surface area (Å²) >= 11 is 6.49. The second kappa shape index (κ2) is 8.37. The van der Waals surface area contributed by atoms with Gasteiger partial charge in [0.05, 0.1) is 29.4 Å². The molecule has 2 N–H and O–H groups in total. The molecule has 0 spiro atoms. The molecule has 7 heteroatoms. The first kappa shape index (κ1) is 20.8. The normalized spacial score (nSPS) is 22.9. The SMILES string of the molecule is CCC(CCC(P)C1=CCC(C2(C)COC2)C=C1)c1nc2[nH]c(=O)[nH]c2cc1Cl. The number of allylic oxidation sites excluding steroid dienone is 4. The number of fused-ring (bicyclic) bond motifs is 1. The Morgan fingerprint density at radius 3 is 2.79 bits per heavy atom. The Morgan fingerprint density at radius 2 is 2.17 bits per heavy atom. The number of nitrogens with zero attached hydrogens (tertiary/aromatic N) is 1. The maximum atomic E-state index is 11.5. The van der Waals surface area contributed by atoms with Gasteiger partial charge in [-0.2, -0.15) is 0 Å². The van der Waals surface area contributed by atoms with Crippen molar-refractivity contribution in [2.75, 3.05) is 13.2 Å². The molecule has 4 rings (SSSR count). The molecule has 2 aliphatic rings. The third kappa shape index (κ3) is 4.23. The largest absolute Gasteiger partial charge is 0.380 e. The number of halogens is 1. The summed E-state index contributed by atoms with van der Waals surface area (Å²) in [5, 5.41) is 0.621. The fraction of sp³-hybridized carbons (Fsp3) is 0.545. The molecule has 1 aliphatic carbocycles. The van der Waals surface area contributed by atoms with Crippen molar-refractivity contribution in [2.24, 2.45) is 11.3 Å². The average molecular weight is 434 g/mol. The predicted molar refractivity (Wildman–Crippen MR) is 122 cm³/mol. The van der Waals surface area contributed by atoms with Crippen molar-refractivity contribution < 1.29 is 4.74 Å². The molecule has 29 heavy (non-hydrogen) atoms. The first-order valence-electron chi connectivity index (χ1n) is 10.4. The summed E-state index contributed by atoms with van der Waals surface area (Å²) in [6.45, 7) is 6.23. The zero-order chi connectivity index (χ0) is 20.6. The van der Waals surface area contributed by atoms with E-state index < -0.39 is 0 Å². The molecule has 4 unspecified atom stereocenters. The lowest BCUT2D eigenvalue weighted by molar-refractivity contribution is -0.124. The van der Waals surface area contributed by atoms with E-state index in [2.05, 4.69) is 56.3 Å². The summed E-state index contributed by atoms with van der Waals surface area (Å²) in [5.74, 6) is 0.846. The number of H-pyrrole nitrogens is 2. The van der Waals surface area contributed by atoms with Crippen molar-refractivity contribution in [3.8, 4) is 0 Å². The molecule has 1 fully saturated rings. The van der Waals surface area contributed by atoms with E-state index in [1.165, 1.54) is 5.57 Å². The summed E-state index contributed by atoms with van der Waals surface area (Å²) in [4.78, 5) is 21.6. The van der Waals surface area contributed by atoms with Crippen LogP contribution in [-0.2, 0) is 4.74 Å². The average Bonchev–Trinajstić information content (AvgIpc) is 3.05. The lowest BCUT2D eigenvalue weighted by Crippen LogP contribution is -2.45. The zero-order valence-electron chi connectivity index (χ0n) is 17.0. The van der Waals surface area contributed by atoms with Crippen LogP contribution in [0.1, 0.15) is 51.1 Å². The molecule has 1 saturated heterocycles. The van der Waals surface area contributed by atoms with Crippen LogP contribution in [-0.4, -0.2) is 33.8 Å². The van der Waals surface area contributed by atoms with Crippen LogP contribution in [0.5, 0.6) is 0 Å². The van der Waals surface area contributed by atoms with Gasteiger partial charge in [-0.05, 0) is 48.9 Å². The third-order valence-corrected chi connectivity index (χ3v) is 7.53. The van der Waals surface area contributed by atoms with Gasteiger partial charge in [0, 0.05) is 11.3 Å². The summed E-state index contributed by atoms with van der Waals surface area (Å²) in [5.41, 5.74) is 3.97. The number of pyridine rings is 1. The predicted octanol–water partition coefficient (Wildman–Crippen LogP) is 4.96. The van der Waals surface area contributed by atoms with Gasteiger partial charge < -0.3 is 9.72 Å². The topological polar surface area (TPSA) is 70.8 Å². The zero-order valence-corrected chi connectivity index (χ0v) is 18.9. The molecule has 4 atom stereocenters.